The highest BCUT2D eigenvalue weighted by molar-refractivity contribution is 5.76. The molecule has 3 aromatic rings. The standard InChI is InChI=1S/C18H17F3N2O3/c1-25-13-5-4-6-14(9-13)26-11-12(24)10-23-16-8-3-2-7-15(16)22-17(23)18(19,20)21/h2-9,12,24H,10-11H2,1H3/t12-/m0/s1. The number of ether oxygens (including phenoxy) is 2. The van der Waals surface area contributed by atoms with Gasteiger partial charge in [-0.25, -0.2) is 4.98 Å². The maximum absolute atomic E-state index is 13.3. The van der Waals surface area contributed by atoms with Crippen LogP contribution >= 0.6 is 0 Å². The van der Waals surface area contributed by atoms with Crippen molar-refractivity contribution < 1.29 is 27.8 Å². The van der Waals surface area contributed by atoms with Gasteiger partial charge in [0.15, 0.2) is 0 Å². The number of aliphatic hydroxyl groups is 1. The van der Waals surface area contributed by atoms with Gasteiger partial charge in [0.1, 0.15) is 24.2 Å². The quantitative estimate of drug-likeness (QED) is 0.725. The maximum Gasteiger partial charge on any atom is 0.449 e. The number of rotatable bonds is 6. The number of benzene rings is 2. The first-order valence-electron chi connectivity index (χ1n) is 7.86. The Kier molecular flexibility index (Phi) is 5.03. The Balaban J connectivity index is 1.77. The molecule has 0 aliphatic heterocycles. The van der Waals surface area contributed by atoms with Gasteiger partial charge in [-0.05, 0) is 24.3 Å². The van der Waals surface area contributed by atoms with Crippen LogP contribution in [0.5, 0.6) is 11.5 Å². The second-order valence-electron chi connectivity index (χ2n) is 5.68. The summed E-state index contributed by atoms with van der Waals surface area (Å²) in [6, 6.07) is 13.0. The molecule has 0 unspecified atom stereocenters. The van der Waals surface area contributed by atoms with E-state index in [1.54, 1.807) is 36.4 Å². The zero-order valence-corrected chi connectivity index (χ0v) is 13.9. The average Bonchev–Trinajstić information content (AvgIpc) is 2.99. The highest BCUT2D eigenvalue weighted by Crippen LogP contribution is 2.31. The van der Waals surface area contributed by atoms with Crippen molar-refractivity contribution >= 4 is 11.0 Å². The fraction of sp³-hybridized carbons (Fsp3) is 0.278. The van der Waals surface area contributed by atoms with Crippen LogP contribution in [0.25, 0.3) is 11.0 Å². The largest absolute Gasteiger partial charge is 0.497 e. The van der Waals surface area contributed by atoms with Gasteiger partial charge in [-0.2, -0.15) is 13.2 Å². The Morgan fingerprint density at radius 3 is 2.58 bits per heavy atom. The molecule has 0 amide bonds. The summed E-state index contributed by atoms with van der Waals surface area (Å²) in [5.41, 5.74) is 0.529. The monoisotopic (exact) mass is 366 g/mol. The minimum Gasteiger partial charge on any atom is -0.497 e. The van der Waals surface area contributed by atoms with Crippen LogP contribution in [0.3, 0.4) is 0 Å². The van der Waals surface area contributed by atoms with Gasteiger partial charge in [0.05, 0.1) is 24.7 Å². The van der Waals surface area contributed by atoms with Crippen molar-refractivity contribution in [3.8, 4) is 11.5 Å². The Hall–Kier alpha value is -2.74. The summed E-state index contributed by atoms with van der Waals surface area (Å²) in [5.74, 6) is -0.00832. The molecular formula is C18H17F3N2O3. The van der Waals surface area contributed by atoms with Crippen LogP contribution in [0.2, 0.25) is 0 Å². The number of alkyl halides is 3. The molecule has 0 aliphatic rings. The summed E-state index contributed by atoms with van der Waals surface area (Å²) in [6.07, 6.45) is -5.77. The average molecular weight is 366 g/mol. The van der Waals surface area contributed by atoms with Crippen molar-refractivity contribution in [2.24, 2.45) is 0 Å². The summed E-state index contributed by atoms with van der Waals surface area (Å²) in [5, 5.41) is 10.2. The van der Waals surface area contributed by atoms with E-state index in [0.29, 0.717) is 17.0 Å². The molecule has 8 heteroatoms. The van der Waals surface area contributed by atoms with Gasteiger partial charge in [0.25, 0.3) is 0 Å². The van der Waals surface area contributed by atoms with Gasteiger partial charge < -0.3 is 19.1 Å². The van der Waals surface area contributed by atoms with Gasteiger partial charge in [-0.15, -0.1) is 0 Å². The van der Waals surface area contributed by atoms with Crippen molar-refractivity contribution in [3.05, 3.63) is 54.4 Å². The molecule has 0 radical (unpaired) electrons. The molecule has 0 saturated carbocycles. The van der Waals surface area contributed by atoms with E-state index >= 15 is 0 Å². The second-order valence-corrected chi connectivity index (χ2v) is 5.68. The van der Waals surface area contributed by atoms with E-state index in [0.717, 1.165) is 4.57 Å². The SMILES string of the molecule is COc1cccc(OC[C@@H](O)Cn2c(C(F)(F)F)nc3ccccc32)c1. The molecule has 0 aliphatic carbocycles. The molecule has 138 valence electrons. The highest BCUT2D eigenvalue weighted by Gasteiger charge is 2.37. The molecule has 0 spiro atoms. The lowest BCUT2D eigenvalue weighted by Gasteiger charge is -2.16. The van der Waals surface area contributed by atoms with Gasteiger partial charge in [0, 0.05) is 6.07 Å². The number of aromatic nitrogens is 2. The van der Waals surface area contributed by atoms with Crippen molar-refractivity contribution in [2.45, 2.75) is 18.8 Å². The van der Waals surface area contributed by atoms with Crippen LogP contribution in [0.4, 0.5) is 13.2 Å². The van der Waals surface area contributed by atoms with Crippen molar-refractivity contribution in [1.29, 1.82) is 0 Å². The van der Waals surface area contributed by atoms with Crippen LogP contribution in [0, 0.1) is 0 Å². The summed E-state index contributed by atoms with van der Waals surface area (Å²) in [6.45, 7) is -0.462. The number of hydrogen-bond acceptors (Lipinski definition) is 4. The first kappa shape index (κ1) is 18.1. The lowest BCUT2D eigenvalue weighted by Crippen LogP contribution is -2.26. The Bertz CT molecular complexity index is 893. The molecule has 0 fully saturated rings. The van der Waals surface area contributed by atoms with E-state index in [-0.39, 0.29) is 18.7 Å². The highest BCUT2D eigenvalue weighted by atomic mass is 19.4. The number of halogens is 3. The molecule has 0 bridgehead atoms. The fourth-order valence-corrected chi connectivity index (χ4v) is 2.62. The molecule has 0 saturated heterocycles. The minimum atomic E-state index is -4.62. The Morgan fingerprint density at radius 1 is 1.12 bits per heavy atom. The number of aliphatic hydroxyl groups excluding tert-OH is 1. The van der Waals surface area contributed by atoms with Crippen molar-refractivity contribution in [2.75, 3.05) is 13.7 Å². The first-order chi connectivity index (χ1) is 12.4. The third kappa shape index (κ3) is 3.91. The predicted octanol–water partition coefficient (Wildman–Crippen LogP) is 3.50. The Labute approximate surface area is 147 Å². The van der Waals surface area contributed by atoms with E-state index in [1.807, 2.05) is 0 Å². The zero-order chi connectivity index (χ0) is 18.7. The lowest BCUT2D eigenvalue weighted by atomic mass is 10.3. The third-order valence-corrected chi connectivity index (χ3v) is 3.79. The second kappa shape index (κ2) is 7.25. The van der Waals surface area contributed by atoms with Gasteiger partial charge >= 0.3 is 6.18 Å². The van der Waals surface area contributed by atoms with Crippen LogP contribution in [0.1, 0.15) is 5.82 Å². The van der Waals surface area contributed by atoms with Crippen LogP contribution in [0.15, 0.2) is 48.5 Å². The molecule has 26 heavy (non-hydrogen) atoms. The maximum atomic E-state index is 13.3. The van der Waals surface area contributed by atoms with Crippen LogP contribution < -0.4 is 9.47 Å². The van der Waals surface area contributed by atoms with Crippen molar-refractivity contribution in [3.63, 3.8) is 0 Å². The number of hydrogen-bond donors (Lipinski definition) is 1. The summed E-state index contributed by atoms with van der Waals surface area (Å²) in [7, 11) is 1.51. The third-order valence-electron chi connectivity index (χ3n) is 3.79. The number of imidazole rings is 1. The molecule has 1 N–H and O–H groups in total. The molecule has 1 atom stereocenters. The fourth-order valence-electron chi connectivity index (χ4n) is 2.62. The van der Waals surface area contributed by atoms with Crippen molar-refractivity contribution in [1.82, 2.24) is 9.55 Å². The van der Waals surface area contributed by atoms with Gasteiger partial charge in [-0.3, -0.25) is 0 Å². The van der Waals surface area contributed by atoms with Crippen LogP contribution in [-0.2, 0) is 12.7 Å². The normalized spacial score (nSPS) is 13.0. The van der Waals surface area contributed by atoms with E-state index in [2.05, 4.69) is 4.98 Å². The predicted molar refractivity (Wildman–Crippen MR) is 89.2 cm³/mol. The summed E-state index contributed by atoms with van der Waals surface area (Å²) in [4.78, 5) is 3.65. The van der Waals surface area contributed by atoms with E-state index in [4.69, 9.17) is 9.47 Å². The summed E-state index contributed by atoms with van der Waals surface area (Å²) < 4.78 is 51.3. The summed E-state index contributed by atoms with van der Waals surface area (Å²) >= 11 is 0. The number of fused-ring (bicyclic) bond motifs is 1. The van der Waals surface area contributed by atoms with Gasteiger partial charge in [-0.1, -0.05) is 18.2 Å². The van der Waals surface area contributed by atoms with E-state index in [1.165, 1.54) is 19.2 Å². The molecular weight excluding hydrogens is 349 g/mol. The number of nitrogens with zero attached hydrogens (tertiary/aromatic N) is 2. The van der Waals surface area contributed by atoms with Crippen LogP contribution in [-0.4, -0.2) is 34.5 Å². The zero-order valence-electron chi connectivity index (χ0n) is 13.9. The van der Waals surface area contributed by atoms with E-state index in [9.17, 15) is 18.3 Å². The van der Waals surface area contributed by atoms with E-state index < -0.39 is 18.1 Å². The molecule has 1 aromatic heterocycles. The number of methoxy groups -OCH3 is 1. The topological polar surface area (TPSA) is 56.5 Å². The lowest BCUT2D eigenvalue weighted by molar-refractivity contribution is -0.147. The number of para-hydroxylation sites is 2. The Morgan fingerprint density at radius 2 is 1.85 bits per heavy atom. The van der Waals surface area contributed by atoms with Gasteiger partial charge in [0.2, 0.25) is 5.82 Å². The minimum absolute atomic E-state index is 0.170. The molecule has 1 heterocycles. The molecule has 2 aromatic carbocycles. The molecule has 5 nitrogen and oxygen atoms in total. The first-order valence-corrected chi connectivity index (χ1v) is 7.86. The molecule has 3 rings (SSSR count). The smallest absolute Gasteiger partial charge is 0.449 e.